The van der Waals surface area contributed by atoms with E-state index < -0.39 is 0 Å². The number of nitrogens with two attached hydrogens (primary N) is 1. The van der Waals surface area contributed by atoms with Gasteiger partial charge in [0.15, 0.2) is 0 Å². The molecule has 0 amide bonds. The average molecular weight is 274 g/mol. The van der Waals surface area contributed by atoms with Crippen LogP contribution in [-0.4, -0.2) is 18.8 Å². The fourth-order valence-corrected chi connectivity index (χ4v) is 4.14. The van der Waals surface area contributed by atoms with Crippen LogP contribution in [0.2, 0.25) is 0 Å². The standard InChI is InChI=1S/C17H26N2O/c1-20-17(9-5-2-6-10-17)16(19-18)12-14-11-13-7-3-4-8-15(13)14/h3-4,7-8,14,16,19H,2,5-6,9-12,18H2,1H3. The van der Waals surface area contributed by atoms with Crippen molar-refractivity contribution in [2.45, 2.75) is 62.5 Å². The lowest BCUT2D eigenvalue weighted by Gasteiger charge is -2.44. The minimum absolute atomic E-state index is 0.0580. The second kappa shape index (κ2) is 5.84. The number of hydrogen-bond acceptors (Lipinski definition) is 3. The van der Waals surface area contributed by atoms with Crippen LogP contribution in [0.25, 0.3) is 0 Å². The van der Waals surface area contributed by atoms with Gasteiger partial charge in [0.2, 0.25) is 0 Å². The third kappa shape index (κ3) is 2.39. The van der Waals surface area contributed by atoms with E-state index in [9.17, 15) is 0 Å². The summed E-state index contributed by atoms with van der Waals surface area (Å²) < 4.78 is 5.95. The molecule has 1 saturated carbocycles. The van der Waals surface area contributed by atoms with Crippen LogP contribution in [0.5, 0.6) is 0 Å². The Kier molecular flexibility index (Phi) is 4.11. The van der Waals surface area contributed by atoms with E-state index in [0.717, 1.165) is 19.3 Å². The summed E-state index contributed by atoms with van der Waals surface area (Å²) in [5.41, 5.74) is 6.02. The number of benzene rings is 1. The van der Waals surface area contributed by atoms with Crippen LogP contribution in [0.15, 0.2) is 24.3 Å². The summed E-state index contributed by atoms with van der Waals surface area (Å²) in [6, 6.07) is 9.03. The zero-order valence-electron chi connectivity index (χ0n) is 12.4. The van der Waals surface area contributed by atoms with Crippen molar-refractivity contribution >= 4 is 0 Å². The first-order valence-electron chi connectivity index (χ1n) is 7.88. The second-order valence-corrected chi connectivity index (χ2v) is 6.38. The summed E-state index contributed by atoms with van der Waals surface area (Å²) in [7, 11) is 1.85. The predicted octanol–water partition coefficient (Wildman–Crippen LogP) is 2.90. The Morgan fingerprint density at radius 3 is 2.70 bits per heavy atom. The Bertz CT molecular complexity index is 454. The lowest BCUT2D eigenvalue weighted by molar-refractivity contribution is -0.0712. The number of ether oxygens (including phenoxy) is 1. The molecule has 3 heteroatoms. The molecule has 0 heterocycles. The van der Waals surface area contributed by atoms with E-state index >= 15 is 0 Å². The monoisotopic (exact) mass is 274 g/mol. The SMILES string of the molecule is COC1(C(CC2Cc3ccccc32)NN)CCCCC1. The van der Waals surface area contributed by atoms with Crippen LogP contribution >= 0.6 is 0 Å². The Balaban J connectivity index is 1.71. The minimum atomic E-state index is -0.0580. The molecule has 0 radical (unpaired) electrons. The van der Waals surface area contributed by atoms with E-state index in [2.05, 4.69) is 29.7 Å². The molecule has 0 aromatic heterocycles. The van der Waals surface area contributed by atoms with Gasteiger partial charge < -0.3 is 4.74 Å². The third-order valence-electron chi connectivity index (χ3n) is 5.42. The molecule has 2 unspecified atom stereocenters. The van der Waals surface area contributed by atoms with E-state index in [1.54, 1.807) is 0 Å². The summed E-state index contributed by atoms with van der Waals surface area (Å²) in [6.07, 6.45) is 8.38. The maximum absolute atomic E-state index is 5.95. The number of nitrogens with one attached hydrogen (secondary N) is 1. The molecule has 1 aromatic rings. The lowest BCUT2D eigenvalue weighted by atomic mass is 9.70. The molecule has 20 heavy (non-hydrogen) atoms. The molecule has 3 rings (SSSR count). The van der Waals surface area contributed by atoms with Gasteiger partial charge in [-0.05, 0) is 42.7 Å². The van der Waals surface area contributed by atoms with Crippen LogP contribution in [-0.2, 0) is 11.2 Å². The maximum atomic E-state index is 5.95. The smallest absolute Gasteiger partial charge is 0.0844 e. The first kappa shape index (κ1) is 14.1. The van der Waals surface area contributed by atoms with Crippen molar-refractivity contribution in [2.24, 2.45) is 5.84 Å². The molecule has 0 bridgehead atoms. The van der Waals surface area contributed by atoms with Crippen molar-refractivity contribution < 1.29 is 4.74 Å². The van der Waals surface area contributed by atoms with Gasteiger partial charge in [0.05, 0.1) is 11.6 Å². The van der Waals surface area contributed by atoms with Crippen LogP contribution in [0.3, 0.4) is 0 Å². The number of hydrazine groups is 1. The van der Waals surface area contributed by atoms with Crippen LogP contribution < -0.4 is 11.3 Å². The topological polar surface area (TPSA) is 47.3 Å². The van der Waals surface area contributed by atoms with Gasteiger partial charge in [0.1, 0.15) is 0 Å². The number of rotatable bonds is 5. The third-order valence-corrected chi connectivity index (χ3v) is 5.42. The zero-order valence-corrected chi connectivity index (χ0v) is 12.4. The molecule has 1 aromatic carbocycles. The van der Waals surface area contributed by atoms with Crippen molar-refractivity contribution in [1.29, 1.82) is 0 Å². The Labute approximate surface area is 121 Å². The molecule has 3 N–H and O–H groups in total. The molecule has 2 aliphatic rings. The molecule has 0 saturated heterocycles. The highest BCUT2D eigenvalue weighted by molar-refractivity contribution is 5.40. The van der Waals surface area contributed by atoms with Gasteiger partial charge in [0, 0.05) is 7.11 Å². The fraction of sp³-hybridized carbons (Fsp3) is 0.647. The van der Waals surface area contributed by atoms with Crippen LogP contribution in [0.1, 0.15) is 55.6 Å². The summed E-state index contributed by atoms with van der Waals surface area (Å²) >= 11 is 0. The highest BCUT2D eigenvalue weighted by Crippen LogP contribution is 2.42. The van der Waals surface area contributed by atoms with Gasteiger partial charge in [-0.1, -0.05) is 43.5 Å². The normalized spacial score (nSPS) is 25.6. The van der Waals surface area contributed by atoms with E-state index in [-0.39, 0.29) is 11.6 Å². The van der Waals surface area contributed by atoms with Gasteiger partial charge >= 0.3 is 0 Å². The van der Waals surface area contributed by atoms with E-state index in [0.29, 0.717) is 5.92 Å². The molecule has 3 nitrogen and oxygen atoms in total. The molecule has 0 spiro atoms. The zero-order chi connectivity index (χ0) is 14.0. The molecular formula is C17H26N2O. The van der Waals surface area contributed by atoms with Crippen LogP contribution in [0.4, 0.5) is 0 Å². The molecule has 2 aliphatic carbocycles. The lowest BCUT2D eigenvalue weighted by Crippen LogP contribution is -2.56. The summed E-state index contributed by atoms with van der Waals surface area (Å²) in [6.45, 7) is 0. The summed E-state index contributed by atoms with van der Waals surface area (Å²) in [5, 5.41) is 0. The highest BCUT2D eigenvalue weighted by atomic mass is 16.5. The van der Waals surface area contributed by atoms with Gasteiger partial charge in [-0.2, -0.15) is 0 Å². The van der Waals surface area contributed by atoms with Gasteiger partial charge in [-0.25, -0.2) is 0 Å². The number of hydrogen-bond donors (Lipinski definition) is 2. The van der Waals surface area contributed by atoms with E-state index in [4.69, 9.17) is 10.6 Å². The maximum Gasteiger partial charge on any atom is 0.0844 e. The van der Waals surface area contributed by atoms with E-state index in [1.807, 2.05) is 7.11 Å². The molecular weight excluding hydrogens is 248 g/mol. The Morgan fingerprint density at radius 2 is 2.05 bits per heavy atom. The first-order chi connectivity index (χ1) is 9.79. The van der Waals surface area contributed by atoms with Crippen molar-refractivity contribution in [3.8, 4) is 0 Å². The van der Waals surface area contributed by atoms with Crippen molar-refractivity contribution in [3.63, 3.8) is 0 Å². The first-order valence-corrected chi connectivity index (χ1v) is 7.88. The predicted molar refractivity (Wildman–Crippen MR) is 81.4 cm³/mol. The van der Waals surface area contributed by atoms with Gasteiger partial charge in [-0.15, -0.1) is 0 Å². The van der Waals surface area contributed by atoms with Crippen molar-refractivity contribution in [3.05, 3.63) is 35.4 Å². The van der Waals surface area contributed by atoms with E-state index in [1.165, 1.54) is 36.8 Å². The molecule has 2 atom stereocenters. The molecule has 1 fully saturated rings. The molecule has 110 valence electrons. The quantitative estimate of drug-likeness (QED) is 0.641. The second-order valence-electron chi connectivity index (χ2n) is 6.38. The molecule has 0 aliphatic heterocycles. The summed E-state index contributed by atoms with van der Waals surface area (Å²) in [4.78, 5) is 0. The van der Waals surface area contributed by atoms with Crippen LogP contribution in [0, 0.1) is 0 Å². The number of fused-ring (bicyclic) bond motifs is 1. The fourth-order valence-electron chi connectivity index (χ4n) is 4.14. The van der Waals surface area contributed by atoms with Gasteiger partial charge in [-0.3, -0.25) is 11.3 Å². The Morgan fingerprint density at radius 1 is 1.30 bits per heavy atom. The largest absolute Gasteiger partial charge is 0.377 e. The van der Waals surface area contributed by atoms with Crippen molar-refractivity contribution in [2.75, 3.05) is 7.11 Å². The average Bonchev–Trinajstić information content (AvgIpc) is 2.49. The number of methoxy groups -OCH3 is 1. The van der Waals surface area contributed by atoms with Crippen molar-refractivity contribution in [1.82, 2.24) is 5.43 Å². The minimum Gasteiger partial charge on any atom is -0.377 e. The summed E-state index contributed by atoms with van der Waals surface area (Å²) in [5.74, 6) is 6.52. The highest BCUT2D eigenvalue weighted by Gasteiger charge is 2.42. The Hall–Kier alpha value is -0.900. The van der Waals surface area contributed by atoms with Gasteiger partial charge in [0.25, 0.3) is 0 Å².